The molecular weight excluding hydrogens is 270 g/mol. The SMILES string of the molecule is CCCC(C)C(=O)N(C(=O)NC)c1cc(C(C)(C)C)on1. The number of hydrogen-bond acceptors (Lipinski definition) is 4. The van der Waals surface area contributed by atoms with Crippen molar-refractivity contribution in [1.82, 2.24) is 10.5 Å². The summed E-state index contributed by atoms with van der Waals surface area (Å²) in [6, 6.07) is 1.14. The zero-order chi connectivity index (χ0) is 16.2. The molecule has 1 N–H and O–H groups in total. The standard InChI is InChI=1S/C15H25N3O3/c1-7-8-10(2)13(19)18(14(20)16-6)12-9-11(21-17-12)15(3,4)5/h9-10H,7-8H2,1-6H3,(H,16,20). The molecule has 0 spiro atoms. The molecule has 0 aliphatic rings. The molecule has 0 saturated carbocycles. The van der Waals surface area contributed by atoms with Crippen molar-refractivity contribution >= 4 is 17.8 Å². The minimum Gasteiger partial charge on any atom is -0.359 e. The molecule has 1 rings (SSSR count). The summed E-state index contributed by atoms with van der Waals surface area (Å²) in [7, 11) is 1.48. The van der Waals surface area contributed by atoms with Crippen molar-refractivity contribution in [3.05, 3.63) is 11.8 Å². The Morgan fingerprint density at radius 3 is 2.48 bits per heavy atom. The van der Waals surface area contributed by atoms with Crippen molar-refractivity contribution in [1.29, 1.82) is 0 Å². The summed E-state index contributed by atoms with van der Waals surface area (Å²) in [6.07, 6.45) is 1.59. The van der Waals surface area contributed by atoms with E-state index in [9.17, 15) is 9.59 Å². The quantitative estimate of drug-likeness (QED) is 0.926. The molecule has 0 aromatic carbocycles. The van der Waals surface area contributed by atoms with E-state index in [2.05, 4.69) is 10.5 Å². The van der Waals surface area contributed by atoms with Gasteiger partial charge in [-0.05, 0) is 6.42 Å². The van der Waals surface area contributed by atoms with Gasteiger partial charge in [0.25, 0.3) is 0 Å². The Morgan fingerprint density at radius 1 is 1.43 bits per heavy atom. The Morgan fingerprint density at radius 2 is 2.05 bits per heavy atom. The van der Waals surface area contributed by atoms with E-state index in [0.717, 1.165) is 17.7 Å². The Labute approximate surface area is 125 Å². The second-order valence-electron chi connectivity index (χ2n) is 6.22. The van der Waals surface area contributed by atoms with E-state index < -0.39 is 6.03 Å². The number of hydrogen-bond donors (Lipinski definition) is 1. The lowest BCUT2D eigenvalue weighted by atomic mass is 9.93. The number of anilines is 1. The number of aromatic nitrogens is 1. The second kappa shape index (κ2) is 6.74. The lowest BCUT2D eigenvalue weighted by Crippen LogP contribution is -2.45. The number of carbonyl (C=O) groups excluding carboxylic acids is 2. The lowest BCUT2D eigenvalue weighted by molar-refractivity contribution is -0.121. The smallest absolute Gasteiger partial charge is 0.329 e. The Balaban J connectivity index is 3.12. The highest BCUT2D eigenvalue weighted by molar-refractivity contribution is 6.14. The molecule has 0 bridgehead atoms. The van der Waals surface area contributed by atoms with Crippen LogP contribution in [0, 0.1) is 5.92 Å². The first kappa shape index (κ1) is 17.2. The maximum absolute atomic E-state index is 12.5. The third kappa shape index (κ3) is 4.06. The zero-order valence-electron chi connectivity index (χ0n) is 13.7. The number of imide groups is 1. The molecule has 1 heterocycles. The van der Waals surface area contributed by atoms with Crippen LogP contribution in [-0.4, -0.2) is 24.1 Å². The van der Waals surface area contributed by atoms with Crippen LogP contribution in [0.4, 0.5) is 10.6 Å². The summed E-state index contributed by atoms with van der Waals surface area (Å²) in [4.78, 5) is 25.6. The van der Waals surface area contributed by atoms with E-state index in [1.165, 1.54) is 7.05 Å². The van der Waals surface area contributed by atoms with E-state index in [-0.39, 0.29) is 23.1 Å². The fourth-order valence-corrected chi connectivity index (χ4v) is 1.93. The van der Waals surface area contributed by atoms with Crippen LogP contribution in [0.15, 0.2) is 10.6 Å². The van der Waals surface area contributed by atoms with Crippen molar-refractivity contribution in [3.8, 4) is 0 Å². The predicted molar refractivity (Wildman–Crippen MR) is 81.2 cm³/mol. The monoisotopic (exact) mass is 295 g/mol. The topological polar surface area (TPSA) is 75.4 Å². The van der Waals surface area contributed by atoms with Gasteiger partial charge in [-0.25, -0.2) is 9.69 Å². The fraction of sp³-hybridized carbons (Fsp3) is 0.667. The molecule has 0 aliphatic heterocycles. The number of rotatable bonds is 4. The van der Waals surface area contributed by atoms with E-state index in [0.29, 0.717) is 5.76 Å². The normalized spacial score (nSPS) is 12.9. The maximum atomic E-state index is 12.5. The van der Waals surface area contributed by atoms with Gasteiger partial charge >= 0.3 is 6.03 Å². The molecule has 1 unspecified atom stereocenters. The van der Waals surface area contributed by atoms with E-state index in [4.69, 9.17) is 4.52 Å². The van der Waals surface area contributed by atoms with Crippen LogP contribution in [0.5, 0.6) is 0 Å². The minimum atomic E-state index is -0.503. The van der Waals surface area contributed by atoms with Gasteiger partial charge in [-0.2, -0.15) is 0 Å². The largest absolute Gasteiger partial charge is 0.359 e. The van der Waals surface area contributed by atoms with Crippen molar-refractivity contribution in [3.63, 3.8) is 0 Å². The van der Waals surface area contributed by atoms with E-state index in [1.54, 1.807) is 6.07 Å². The molecule has 6 nitrogen and oxygen atoms in total. The first-order valence-electron chi connectivity index (χ1n) is 7.25. The van der Waals surface area contributed by atoms with Gasteiger partial charge in [0.15, 0.2) is 5.82 Å². The van der Waals surface area contributed by atoms with Crippen molar-refractivity contribution < 1.29 is 14.1 Å². The maximum Gasteiger partial charge on any atom is 0.329 e. The Bertz CT molecular complexity index is 503. The summed E-state index contributed by atoms with van der Waals surface area (Å²) in [5.41, 5.74) is -0.238. The Hall–Kier alpha value is -1.85. The minimum absolute atomic E-state index is 0.229. The van der Waals surface area contributed by atoms with Gasteiger partial charge < -0.3 is 9.84 Å². The van der Waals surface area contributed by atoms with Crippen LogP contribution in [0.2, 0.25) is 0 Å². The van der Waals surface area contributed by atoms with Crippen molar-refractivity contribution in [2.45, 2.75) is 52.9 Å². The summed E-state index contributed by atoms with van der Waals surface area (Å²) >= 11 is 0. The number of nitrogens with one attached hydrogen (secondary N) is 1. The van der Waals surface area contributed by atoms with Crippen LogP contribution in [-0.2, 0) is 10.2 Å². The van der Waals surface area contributed by atoms with Gasteiger partial charge in [0, 0.05) is 24.4 Å². The van der Waals surface area contributed by atoms with E-state index in [1.807, 2.05) is 34.6 Å². The van der Waals surface area contributed by atoms with Gasteiger partial charge in [-0.15, -0.1) is 0 Å². The average molecular weight is 295 g/mol. The number of amides is 3. The molecule has 118 valence electrons. The van der Waals surface area contributed by atoms with E-state index >= 15 is 0 Å². The first-order chi connectivity index (χ1) is 9.72. The van der Waals surface area contributed by atoms with Gasteiger partial charge in [0.2, 0.25) is 5.91 Å². The lowest BCUT2D eigenvalue weighted by Gasteiger charge is -2.20. The van der Waals surface area contributed by atoms with Crippen molar-refractivity contribution in [2.75, 3.05) is 11.9 Å². The summed E-state index contributed by atoms with van der Waals surface area (Å²) in [5.74, 6) is 0.335. The molecule has 6 heteroatoms. The van der Waals surface area contributed by atoms with Crippen LogP contribution in [0.3, 0.4) is 0 Å². The Kier molecular flexibility index (Phi) is 5.52. The molecule has 3 amide bonds. The van der Waals surface area contributed by atoms with Crippen LogP contribution in [0.1, 0.15) is 53.2 Å². The second-order valence-corrected chi connectivity index (χ2v) is 6.22. The third-order valence-corrected chi connectivity index (χ3v) is 3.25. The molecule has 0 radical (unpaired) electrons. The van der Waals surface area contributed by atoms with Crippen LogP contribution >= 0.6 is 0 Å². The number of carbonyl (C=O) groups is 2. The molecule has 0 aliphatic carbocycles. The molecule has 1 aromatic rings. The predicted octanol–water partition coefficient (Wildman–Crippen LogP) is 3.08. The summed E-state index contributed by atoms with van der Waals surface area (Å²) < 4.78 is 5.27. The highest BCUT2D eigenvalue weighted by Crippen LogP contribution is 2.27. The zero-order valence-corrected chi connectivity index (χ0v) is 13.7. The summed E-state index contributed by atoms with van der Waals surface area (Å²) in [5, 5.41) is 6.36. The highest BCUT2D eigenvalue weighted by atomic mass is 16.5. The molecular formula is C15H25N3O3. The van der Waals surface area contributed by atoms with Crippen LogP contribution in [0.25, 0.3) is 0 Å². The number of nitrogens with zero attached hydrogens (tertiary/aromatic N) is 2. The molecule has 0 fully saturated rings. The highest BCUT2D eigenvalue weighted by Gasteiger charge is 2.31. The molecule has 1 aromatic heterocycles. The van der Waals surface area contributed by atoms with Gasteiger partial charge in [0.1, 0.15) is 5.76 Å². The third-order valence-electron chi connectivity index (χ3n) is 3.25. The average Bonchev–Trinajstić information content (AvgIpc) is 2.88. The van der Waals surface area contributed by atoms with Gasteiger partial charge in [-0.1, -0.05) is 46.2 Å². The van der Waals surface area contributed by atoms with Gasteiger partial charge in [-0.3, -0.25) is 4.79 Å². The first-order valence-corrected chi connectivity index (χ1v) is 7.25. The molecule has 0 saturated heterocycles. The van der Waals surface area contributed by atoms with Crippen molar-refractivity contribution in [2.24, 2.45) is 5.92 Å². The molecule has 21 heavy (non-hydrogen) atoms. The fourth-order valence-electron chi connectivity index (χ4n) is 1.93. The summed E-state index contributed by atoms with van der Waals surface area (Å²) in [6.45, 7) is 9.74. The number of urea groups is 1. The van der Waals surface area contributed by atoms with Gasteiger partial charge in [0.05, 0.1) is 0 Å². The van der Waals surface area contributed by atoms with Crippen LogP contribution < -0.4 is 10.2 Å². The molecule has 1 atom stereocenters.